The number of nitrogens with two attached hydrogens (primary N) is 1. The second kappa shape index (κ2) is 4.33. The van der Waals surface area contributed by atoms with E-state index in [-0.39, 0.29) is 12.4 Å². The number of phenols is 1. The number of benzene rings is 1. The topological polar surface area (TPSA) is 73.9 Å². The van der Waals surface area contributed by atoms with Crippen molar-refractivity contribution in [1.29, 1.82) is 0 Å². The number of nitrogen functional groups attached to an aromatic ring is 1. The summed E-state index contributed by atoms with van der Waals surface area (Å²) >= 11 is 0. The molecule has 5 heteroatoms. The molecule has 0 fully saturated rings. The molecule has 0 aromatic heterocycles. The van der Waals surface area contributed by atoms with E-state index in [0.29, 0.717) is 23.0 Å². The smallest absolute Gasteiger partial charge is 0.245 e. The van der Waals surface area contributed by atoms with Crippen LogP contribution in [-0.2, 0) is 9.47 Å². The van der Waals surface area contributed by atoms with Crippen molar-refractivity contribution in [3.63, 3.8) is 0 Å². The van der Waals surface area contributed by atoms with Crippen molar-refractivity contribution >= 4 is 5.69 Å². The standard InChI is InChI=1S/C13H17NO4/c1-8-12(18-13(2,3)17-8)7-16-11-6-9(15)4-5-10(11)14/h4-6,15H,7,14H2,1-3H3. The first-order valence-corrected chi connectivity index (χ1v) is 5.66. The van der Waals surface area contributed by atoms with Crippen LogP contribution in [-0.4, -0.2) is 17.5 Å². The molecule has 98 valence electrons. The maximum atomic E-state index is 9.36. The molecular weight excluding hydrogens is 234 g/mol. The molecule has 0 aliphatic carbocycles. The summed E-state index contributed by atoms with van der Waals surface area (Å²) in [5.74, 6) is 1.19. The van der Waals surface area contributed by atoms with E-state index in [1.807, 2.05) is 20.8 Å². The largest absolute Gasteiger partial charge is 0.508 e. The predicted octanol–water partition coefficient (Wildman–Crippen LogP) is 2.37. The minimum atomic E-state index is -0.660. The molecule has 0 bridgehead atoms. The molecular formula is C13H17NO4. The van der Waals surface area contributed by atoms with Gasteiger partial charge in [-0.1, -0.05) is 0 Å². The van der Waals surface area contributed by atoms with Gasteiger partial charge in [0, 0.05) is 19.9 Å². The third kappa shape index (κ3) is 2.61. The van der Waals surface area contributed by atoms with Gasteiger partial charge in [-0.15, -0.1) is 0 Å². The first-order valence-electron chi connectivity index (χ1n) is 5.66. The van der Waals surface area contributed by atoms with Gasteiger partial charge in [-0.05, 0) is 19.1 Å². The molecule has 18 heavy (non-hydrogen) atoms. The lowest BCUT2D eigenvalue weighted by Gasteiger charge is -2.18. The second-order valence-electron chi connectivity index (χ2n) is 4.59. The molecule has 0 saturated carbocycles. The Morgan fingerprint density at radius 2 is 2.06 bits per heavy atom. The Labute approximate surface area is 106 Å². The van der Waals surface area contributed by atoms with Crippen LogP contribution in [0.15, 0.2) is 29.7 Å². The fourth-order valence-electron chi connectivity index (χ4n) is 1.74. The highest BCUT2D eigenvalue weighted by Gasteiger charge is 2.32. The van der Waals surface area contributed by atoms with E-state index < -0.39 is 5.79 Å². The van der Waals surface area contributed by atoms with Crippen molar-refractivity contribution in [2.75, 3.05) is 12.3 Å². The van der Waals surface area contributed by atoms with Crippen molar-refractivity contribution in [1.82, 2.24) is 0 Å². The quantitative estimate of drug-likeness (QED) is 0.637. The number of allylic oxidation sites excluding steroid dienone is 1. The van der Waals surface area contributed by atoms with Crippen molar-refractivity contribution in [2.45, 2.75) is 26.6 Å². The van der Waals surface area contributed by atoms with Gasteiger partial charge in [-0.25, -0.2) is 0 Å². The van der Waals surface area contributed by atoms with Gasteiger partial charge < -0.3 is 25.1 Å². The Morgan fingerprint density at radius 1 is 1.33 bits per heavy atom. The van der Waals surface area contributed by atoms with Crippen molar-refractivity contribution in [2.24, 2.45) is 0 Å². The van der Waals surface area contributed by atoms with Gasteiger partial charge in [0.2, 0.25) is 5.79 Å². The number of phenolic OH excluding ortho intramolecular Hbond substituents is 1. The van der Waals surface area contributed by atoms with E-state index in [0.717, 1.165) is 0 Å². The summed E-state index contributed by atoms with van der Waals surface area (Å²) in [6.07, 6.45) is 0. The molecule has 1 aromatic rings. The highest BCUT2D eigenvalue weighted by Crippen LogP contribution is 2.32. The molecule has 0 radical (unpaired) electrons. The summed E-state index contributed by atoms with van der Waals surface area (Å²) in [4.78, 5) is 0. The minimum Gasteiger partial charge on any atom is -0.508 e. The lowest BCUT2D eigenvalue weighted by Crippen LogP contribution is -2.21. The fourth-order valence-corrected chi connectivity index (χ4v) is 1.74. The van der Waals surface area contributed by atoms with Crippen LogP contribution in [0.4, 0.5) is 5.69 Å². The molecule has 1 aliphatic heterocycles. The van der Waals surface area contributed by atoms with Gasteiger partial charge in [-0.2, -0.15) is 0 Å². The molecule has 0 saturated heterocycles. The third-order valence-electron chi connectivity index (χ3n) is 2.52. The third-order valence-corrected chi connectivity index (χ3v) is 2.52. The minimum absolute atomic E-state index is 0.105. The van der Waals surface area contributed by atoms with E-state index in [4.69, 9.17) is 19.9 Å². The number of hydrogen-bond donors (Lipinski definition) is 2. The van der Waals surface area contributed by atoms with Gasteiger partial charge in [0.25, 0.3) is 0 Å². The predicted molar refractivity (Wildman–Crippen MR) is 67.0 cm³/mol. The number of ether oxygens (including phenoxy) is 3. The Kier molecular flexibility index (Phi) is 2.98. The average Bonchev–Trinajstić information content (AvgIpc) is 2.53. The van der Waals surface area contributed by atoms with Crippen LogP contribution in [0, 0.1) is 0 Å². The highest BCUT2D eigenvalue weighted by molar-refractivity contribution is 5.55. The van der Waals surface area contributed by atoms with Crippen LogP contribution in [0.5, 0.6) is 11.5 Å². The van der Waals surface area contributed by atoms with Gasteiger partial charge in [-0.3, -0.25) is 0 Å². The lowest BCUT2D eigenvalue weighted by atomic mass is 10.3. The number of aromatic hydroxyl groups is 1. The summed E-state index contributed by atoms with van der Waals surface area (Å²) in [7, 11) is 0. The number of hydrogen-bond acceptors (Lipinski definition) is 5. The molecule has 0 atom stereocenters. The fraction of sp³-hybridized carbons (Fsp3) is 0.385. The van der Waals surface area contributed by atoms with E-state index in [9.17, 15) is 5.11 Å². The monoisotopic (exact) mass is 251 g/mol. The van der Waals surface area contributed by atoms with Crippen LogP contribution < -0.4 is 10.5 Å². The van der Waals surface area contributed by atoms with Crippen LogP contribution in [0.2, 0.25) is 0 Å². The molecule has 1 heterocycles. The SMILES string of the molecule is CC1=C(COc2cc(O)ccc2N)OC(C)(C)O1. The van der Waals surface area contributed by atoms with E-state index in [1.165, 1.54) is 12.1 Å². The van der Waals surface area contributed by atoms with E-state index in [1.54, 1.807) is 6.07 Å². The first kappa shape index (κ1) is 12.4. The lowest BCUT2D eigenvalue weighted by molar-refractivity contribution is -0.125. The Morgan fingerprint density at radius 3 is 2.67 bits per heavy atom. The van der Waals surface area contributed by atoms with E-state index in [2.05, 4.69) is 0 Å². The van der Waals surface area contributed by atoms with Crippen molar-refractivity contribution < 1.29 is 19.3 Å². The number of anilines is 1. The van der Waals surface area contributed by atoms with Crippen LogP contribution in [0.25, 0.3) is 0 Å². The Hall–Kier alpha value is -2.04. The molecule has 1 aliphatic rings. The zero-order valence-corrected chi connectivity index (χ0v) is 10.7. The molecule has 5 nitrogen and oxygen atoms in total. The van der Waals surface area contributed by atoms with Crippen LogP contribution in [0.1, 0.15) is 20.8 Å². The van der Waals surface area contributed by atoms with Gasteiger partial charge in [0.1, 0.15) is 23.9 Å². The second-order valence-corrected chi connectivity index (χ2v) is 4.59. The average molecular weight is 251 g/mol. The Balaban J connectivity index is 2.04. The molecule has 0 unspecified atom stereocenters. The summed E-state index contributed by atoms with van der Waals surface area (Å²) in [5, 5.41) is 9.36. The van der Waals surface area contributed by atoms with Gasteiger partial charge in [0.05, 0.1) is 5.69 Å². The summed E-state index contributed by atoms with van der Waals surface area (Å²) in [5.41, 5.74) is 6.20. The zero-order valence-electron chi connectivity index (χ0n) is 10.7. The zero-order chi connectivity index (χ0) is 13.3. The van der Waals surface area contributed by atoms with Gasteiger partial charge in [0.15, 0.2) is 5.76 Å². The molecule has 2 rings (SSSR count). The highest BCUT2D eigenvalue weighted by atomic mass is 16.7. The first-order chi connectivity index (χ1) is 8.37. The van der Waals surface area contributed by atoms with Crippen LogP contribution >= 0.6 is 0 Å². The Bertz CT molecular complexity index is 494. The summed E-state index contributed by atoms with van der Waals surface area (Å²) < 4.78 is 16.6. The molecule has 0 amide bonds. The van der Waals surface area contributed by atoms with Crippen LogP contribution in [0.3, 0.4) is 0 Å². The van der Waals surface area contributed by atoms with Crippen molar-refractivity contribution in [3.05, 3.63) is 29.7 Å². The molecule has 0 spiro atoms. The van der Waals surface area contributed by atoms with Crippen molar-refractivity contribution in [3.8, 4) is 11.5 Å². The number of rotatable bonds is 3. The normalized spacial score (nSPS) is 17.3. The van der Waals surface area contributed by atoms with Gasteiger partial charge >= 0.3 is 0 Å². The summed E-state index contributed by atoms with van der Waals surface area (Å²) in [6, 6.07) is 4.55. The van der Waals surface area contributed by atoms with E-state index >= 15 is 0 Å². The maximum Gasteiger partial charge on any atom is 0.245 e. The molecule has 3 N–H and O–H groups in total. The molecule has 1 aromatic carbocycles. The maximum absolute atomic E-state index is 9.36. The summed E-state index contributed by atoms with van der Waals surface area (Å²) in [6.45, 7) is 5.68.